The number of benzene rings is 1. The lowest BCUT2D eigenvalue weighted by Crippen LogP contribution is -2.51. The Balaban J connectivity index is 1.28. The summed E-state index contributed by atoms with van der Waals surface area (Å²) in [6.07, 6.45) is 6.33. The van der Waals surface area contributed by atoms with Crippen LogP contribution in [0, 0.1) is 13.8 Å². The van der Waals surface area contributed by atoms with Gasteiger partial charge in [-0.2, -0.15) is 0 Å². The van der Waals surface area contributed by atoms with Gasteiger partial charge in [-0.1, -0.05) is 49.6 Å². The Bertz CT molecular complexity index is 923. The molecule has 2 fully saturated rings. The molecule has 0 bridgehead atoms. The number of nitrogens with zero attached hydrogens (tertiary/aromatic N) is 3. The topological polar surface area (TPSA) is 57.6 Å². The van der Waals surface area contributed by atoms with Crippen LogP contribution in [0.5, 0.6) is 0 Å². The lowest BCUT2D eigenvalue weighted by molar-refractivity contribution is -0.122. The first kappa shape index (κ1) is 22.6. The van der Waals surface area contributed by atoms with Crippen LogP contribution in [-0.2, 0) is 11.3 Å². The highest BCUT2D eigenvalue weighted by Crippen LogP contribution is 2.32. The lowest BCUT2D eigenvalue weighted by Gasteiger charge is -2.34. The Hall–Kier alpha value is -2.60. The molecule has 0 unspecified atom stereocenters. The van der Waals surface area contributed by atoms with Crippen molar-refractivity contribution < 1.29 is 9.59 Å². The number of rotatable bonds is 6. The summed E-state index contributed by atoms with van der Waals surface area (Å²) in [5, 5.41) is 2.99. The number of nitrogens with one attached hydrogen (secondary N) is 1. The fourth-order valence-electron chi connectivity index (χ4n) is 5.23. The smallest absolute Gasteiger partial charge is 0.255 e. The molecule has 172 valence electrons. The molecule has 1 aromatic heterocycles. The summed E-state index contributed by atoms with van der Waals surface area (Å²) in [5.74, 6) is 0.165. The van der Waals surface area contributed by atoms with Crippen molar-refractivity contribution in [3.63, 3.8) is 0 Å². The van der Waals surface area contributed by atoms with Crippen molar-refractivity contribution in [1.82, 2.24) is 19.7 Å². The molecule has 1 aliphatic heterocycles. The molecule has 0 radical (unpaired) electrons. The third-order valence-corrected chi connectivity index (χ3v) is 7.01. The van der Waals surface area contributed by atoms with Crippen LogP contribution in [0.15, 0.2) is 36.4 Å². The summed E-state index contributed by atoms with van der Waals surface area (Å²) in [7, 11) is 0. The van der Waals surface area contributed by atoms with Crippen LogP contribution in [0.4, 0.5) is 0 Å². The molecule has 4 rings (SSSR count). The molecule has 2 aromatic rings. The van der Waals surface area contributed by atoms with E-state index in [1.807, 2.05) is 35.2 Å². The van der Waals surface area contributed by atoms with Crippen molar-refractivity contribution in [3.05, 3.63) is 58.9 Å². The number of piperazine rings is 1. The van der Waals surface area contributed by atoms with E-state index < -0.39 is 0 Å². The van der Waals surface area contributed by atoms with Gasteiger partial charge in [-0.3, -0.25) is 14.5 Å². The Labute approximate surface area is 191 Å². The minimum atomic E-state index is 0.0321. The SMILES string of the molecule is Cc1cc(C(=O)N2CCN(CC(=O)NCc3ccccc3)CC2)c(C)n1C1CCCCC1. The van der Waals surface area contributed by atoms with E-state index in [4.69, 9.17) is 0 Å². The molecule has 6 nitrogen and oxygen atoms in total. The largest absolute Gasteiger partial charge is 0.351 e. The number of carbonyl (C=O) groups is 2. The summed E-state index contributed by atoms with van der Waals surface area (Å²) >= 11 is 0. The van der Waals surface area contributed by atoms with Gasteiger partial charge in [0.15, 0.2) is 0 Å². The maximum absolute atomic E-state index is 13.3. The number of amides is 2. The Morgan fingerprint density at radius 2 is 1.66 bits per heavy atom. The zero-order chi connectivity index (χ0) is 22.5. The molecule has 1 saturated carbocycles. The monoisotopic (exact) mass is 436 g/mol. The third-order valence-electron chi connectivity index (χ3n) is 7.01. The number of aryl methyl sites for hydroxylation is 1. The van der Waals surface area contributed by atoms with Gasteiger partial charge < -0.3 is 14.8 Å². The first-order valence-electron chi connectivity index (χ1n) is 12.0. The summed E-state index contributed by atoms with van der Waals surface area (Å²) in [6.45, 7) is 7.94. The van der Waals surface area contributed by atoms with Crippen LogP contribution in [0.3, 0.4) is 0 Å². The minimum absolute atomic E-state index is 0.0321. The van der Waals surface area contributed by atoms with Gasteiger partial charge in [0, 0.05) is 50.2 Å². The van der Waals surface area contributed by atoms with E-state index >= 15 is 0 Å². The van der Waals surface area contributed by atoms with E-state index in [1.54, 1.807) is 0 Å². The highest BCUT2D eigenvalue weighted by molar-refractivity contribution is 5.95. The van der Waals surface area contributed by atoms with Gasteiger partial charge in [-0.25, -0.2) is 0 Å². The predicted molar refractivity (Wildman–Crippen MR) is 127 cm³/mol. The standard InChI is InChI=1S/C26H36N4O2/c1-20-17-24(21(2)30(20)23-11-7-4-8-12-23)26(32)29-15-13-28(14-16-29)19-25(31)27-18-22-9-5-3-6-10-22/h3,5-6,9-10,17,23H,4,7-8,11-16,18-19H2,1-2H3,(H,27,31). The van der Waals surface area contributed by atoms with Crippen molar-refractivity contribution in [2.24, 2.45) is 0 Å². The average Bonchev–Trinajstić information content (AvgIpc) is 3.12. The molecule has 1 N–H and O–H groups in total. The van der Waals surface area contributed by atoms with Crippen LogP contribution in [0.1, 0.15) is 65.5 Å². The third kappa shape index (κ3) is 5.23. The number of hydrogen-bond donors (Lipinski definition) is 1. The molecule has 2 aliphatic rings. The molecule has 0 atom stereocenters. The van der Waals surface area contributed by atoms with E-state index in [0.717, 1.165) is 29.9 Å². The van der Waals surface area contributed by atoms with Gasteiger partial charge in [0.2, 0.25) is 5.91 Å². The number of carbonyl (C=O) groups excluding carboxylic acids is 2. The second-order valence-corrected chi connectivity index (χ2v) is 9.28. The van der Waals surface area contributed by atoms with Crippen LogP contribution < -0.4 is 5.32 Å². The average molecular weight is 437 g/mol. The minimum Gasteiger partial charge on any atom is -0.351 e. The second-order valence-electron chi connectivity index (χ2n) is 9.28. The molecule has 2 amide bonds. The zero-order valence-electron chi connectivity index (χ0n) is 19.5. The molecule has 1 saturated heterocycles. The van der Waals surface area contributed by atoms with Gasteiger partial charge in [0.05, 0.1) is 12.1 Å². The summed E-state index contributed by atoms with van der Waals surface area (Å²) in [6, 6.07) is 12.6. The Kier molecular flexibility index (Phi) is 7.30. The van der Waals surface area contributed by atoms with E-state index in [2.05, 4.69) is 34.7 Å². The Morgan fingerprint density at radius 1 is 0.969 bits per heavy atom. The van der Waals surface area contributed by atoms with Crippen LogP contribution in [0.2, 0.25) is 0 Å². The quantitative estimate of drug-likeness (QED) is 0.752. The van der Waals surface area contributed by atoms with Gasteiger partial charge in [-0.05, 0) is 38.3 Å². The highest BCUT2D eigenvalue weighted by atomic mass is 16.2. The first-order chi connectivity index (χ1) is 15.5. The first-order valence-corrected chi connectivity index (χ1v) is 12.0. The van der Waals surface area contributed by atoms with Crippen LogP contribution >= 0.6 is 0 Å². The van der Waals surface area contributed by atoms with Gasteiger partial charge >= 0.3 is 0 Å². The number of hydrogen-bond acceptors (Lipinski definition) is 3. The van der Waals surface area contributed by atoms with E-state index in [9.17, 15) is 9.59 Å². The molecular formula is C26H36N4O2. The van der Waals surface area contributed by atoms with Crippen molar-refractivity contribution in [2.45, 2.75) is 58.5 Å². The van der Waals surface area contributed by atoms with Crippen molar-refractivity contribution in [1.29, 1.82) is 0 Å². The summed E-state index contributed by atoms with van der Waals surface area (Å²) < 4.78 is 2.40. The van der Waals surface area contributed by atoms with Crippen molar-refractivity contribution >= 4 is 11.8 Å². The maximum Gasteiger partial charge on any atom is 0.255 e. The van der Waals surface area contributed by atoms with E-state index in [1.165, 1.54) is 37.8 Å². The van der Waals surface area contributed by atoms with E-state index in [-0.39, 0.29) is 11.8 Å². The van der Waals surface area contributed by atoms with Gasteiger partial charge in [-0.15, -0.1) is 0 Å². The van der Waals surface area contributed by atoms with Crippen LogP contribution in [0.25, 0.3) is 0 Å². The molecule has 1 aliphatic carbocycles. The number of aromatic nitrogens is 1. The van der Waals surface area contributed by atoms with Crippen LogP contribution in [-0.4, -0.2) is 58.9 Å². The molecule has 2 heterocycles. The lowest BCUT2D eigenvalue weighted by atomic mass is 9.95. The zero-order valence-corrected chi connectivity index (χ0v) is 19.5. The molecule has 0 spiro atoms. The van der Waals surface area contributed by atoms with Crippen molar-refractivity contribution in [3.8, 4) is 0 Å². The molecule has 1 aromatic carbocycles. The molecule has 32 heavy (non-hydrogen) atoms. The van der Waals surface area contributed by atoms with Gasteiger partial charge in [0.1, 0.15) is 0 Å². The van der Waals surface area contributed by atoms with Gasteiger partial charge in [0.25, 0.3) is 5.91 Å². The summed E-state index contributed by atoms with van der Waals surface area (Å²) in [5.41, 5.74) is 4.26. The van der Waals surface area contributed by atoms with E-state index in [0.29, 0.717) is 32.2 Å². The fourth-order valence-corrected chi connectivity index (χ4v) is 5.23. The molecule has 6 heteroatoms. The molecular weight excluding hydrogens is 400 g/mol. The normalized spacial score (nSPS) is 18.0. The predicted octanol–water partition coefficient (Wildman–Crippen LogP) is 3.68. The van der Waals surface area contributed by atoms with Crippen molar-refractivity contribution in [2.75, 3.05) is 32.7 Å². The fraction of sp³-hybridized carbons (Fsp3) is 0.538. The maximum atomic E-state index is 13.3. The highest BCUT2D eigenvalue weighted by Gasteiger charge is 2.27. The summed E-state index contributed by atoms with van der Waals surface area (Å²) in [4.78, 5) is 29.7. The second kappa shape index (κ2) is 10.3. The Morgan fingerprint density at radius 3 is 2.34 bits per heavy atom.